The summed E-state index contributed by atoms with van der Waals surface area (Å²) in [4.78, 5) is 12.7. The fourth-order valence-electron chi connectivity index (χ4n) is 1.89. The molecule has 1 amide bonds. The fourth-order valence-corrected chi connectivity index (χ4v) is 3.20. The van der Waals surface area contributed by atoms with Crippen LogP contribution in [0.3, 0.4) is 0 Å². The molecule has 21 heavy (non-hydrogen) atoms. The summed E-state index contributed by atoms with van der Waals surface area (Å²) >= 11 is 4.78. The predicted octanol–water partition coefficient (Wildman–Crippen LogP) is 3.63. The molecule has 0 aliphatic heterocycles. The van der Waals surface area contributed by atoms with E-state index in [0.29, 0.717) is 11.4 Å². The minimum atomic E-state index is -0.0538. The van der Waals surface area contributed by atoms with Crippen LogP contribution in [0.25, 0.3) is 5.69 Å². The molecular formula is C15H12BrN3OS. The monoisotopic (exact) mass is 361 g/mol. The topological polar surface area (TPSA) is 46.9 Å². The molecule has 3 aromatic rings. The van der Waals surface area contributed by atoms with Crippen molar-refractivity contribution in [1.29, 1.82) is 0 Å². The number of carbonyl (C=O) groups is 1. The quantitative estimate of drug-likeness (QED) is 0.771. The summed E-state index contributed by atoms with van der Waals surface area (Å²) in [6.07, 6.45) is 3.64. The van der Waals surface area contributed by atoms with Crippen LogP contribution in [0.15, 0.2) is 58.6 Å². The van der Waals surface area contributed by atoms with Gasteiger partial charge in [0.05, 0.1) is 14.4 Å². The number of hydrogen-bond donors (Lipinski definition) is 1. The molecular weight excluding hydrogens is 350 g/mol. The summed E-state index contributed by atoms with van der Waals surface area (Å²) in [7, 11) is 0. The molecule has 0 saturated carbocycles. The van der Waals surface area contributed by atoms with Gasteiger partial charge in [0.15, 0.2) is 0 Å². The van der Waals surface area contributed by atoms with Gasteiger partial charge in [-0.25, -0.2) is 4.68 Å². The molecule has 0 spiro atoms. The van der Waals surface area contributed by atoms with E-state index in [1.54, 1.807) is 10.9 Å². The summed E-state index contributed by atoms with van der Waals surface area (Å²) in [5.74, 6) is -0.0538. The van der Waals surface area contributed by atoms with Crippen LogP contribution in [0.2, 0.25) is 0 Å². The lowest BCUT2D eigenvalue weighted by molar-refractivity contribution is 0.0955. The van der Waals surface area contributed by atoms with E-state index < -0.39 is 0 Å². The van der Waals surface area contributed by atoms with Gasteiger partial charge in [0.25, 0.3) is 5.91 Å². The van der Waals surface area contributed by atoms with Gasteiger partial charge in [-0.1, -0.05) is 12.1 Å². The Bertz CT molecular complexity index is 735. The average Bonchev–Trinajstić information content (AvgIpc) is 3.16. The Morgan fingerprint density at radius 3 is 2.67 bits per heavy atom. The lowest BCUT2D eigenvalue weighted by Crippen LogP contribution is -2.21. The van der Waals surface area contributed by atoms with E-state index in [-0.39, 0.29) is 5.91 Å². The Kier molecular flexibility index (Phi) is 4.17. The van der Waals surface area contributed by atoms with Crippen LogP contribution in [-0.4, -0.2) is 15.7 Å². The maximum absolute atomic E-state index is 11.9. The zero-order valence-corrected chi connectivity index (χ0v) is 13.4. The molecule has 0 saturated heterocycles. The van der Waals surface area contributed by atoms with Crippen LogP contribution in [0.4, 0.5) is 0 Å². The number of aromatic nitrogens is 2. The van der Waals surface area contributed by atoms with Crippen molar-refractivity contribution in [2.45, 2.75) is 6.54 Å². The second kappa shape index (κ2) is 6.24. The number of thiophene rings is 1. The Morgan fingerprint density at radius 1 is 1.24 bits per heavy atom. The van der Waals surface area contributed by atoms with E-state index in [1.165, 1.54) is 11.3 Å². The maximum Gasteiger partial charge on any atom is 0.261 e. The number of benzene rings is 1. The molecule has 0 unspecified atom stereocenters. The van der Waals surface area contributed by atoms with Crippen LogP contribution >= 0.6 is 27.3 Å². The van der Waals surface area contributed by atoms with Gasteiger partial charge in [-0.05, 0) is 51.8 Å². The number of amides is 1. The third-order valence-electron chi connectivity index (χ3n) is 2.96. The van der Waals surface area contributed by atoms with Crippen molar-refractivity contribution in [1.82, 2.24) is 15.1 Å². The van der Waals surface area contributed by atoms with Gasteiger partial charge in [-0.15, -0.1) is 11.3 Å². The summed E-state index contributed by atoms with van der Waals surface area (Å²) < 4.78 is 2.75. The van der Waals surface area contributed by atoms with Gasteiger partial charge in [0, 0.05) is 18.9 Å². The molecule has 0 aliphatic rings. The van der Waals surface area contributed by atoms with Gasteiger partial charge < -0.3 is 5.32 Å². The highest BCUT2D eigenvalue weighted by molar-refractivity contribution is 9.11. The highest BCUT2D eigenvalue weighted by atomic mass is 79.9. The SMILES string of the molecule is O=C(NCc1ccc(-n2cccn2)cc1)c1ccc(Br)s1. The number of halogens is 1. The highest BCUT2D eigenvalue weighted by Crippen LogP contribution is 2.21. The Labute approximate surface area is 134 Å². The minimum Gasteiger partial charge on any atom is -0.347 e. The van der Waals surface area contributed by atoms with Gasteiger partial charge in [-0.3, -0.25) is 4.79 Å². The normalized spacial score (nSPS) is 10.5. The fraction of sp³-hybridized carbons (Fsp3) is 0.0667. The van der Waals surface area contributed by atoms with E-state index in [0.717, 1.165) is 15.0 Å². The standard InChI is InChI=1S/C15H12BrN3OS/c16-14-7-6-13(21-14)15(20)17-10-11-2-4-12(5-3-11)19-9-1-8-18-19/h1-9H,10H2,(H,17,20). The van der Waals surface area contributed by atoms with E-state index in [4.69, 9.17) is 0 Å². The smallest absolute Gasteiger partial charge is 0.261 e. The Hall–Kier alpha value is -1.92. The summed E-state index contributed by atoms with van der Waals surface area (Å²) in [5.41, 5.74) is 2.05. The van der Waals surface area contributed by atoms with E-state index in [1.807, 2.05) is 48.7 Å². The molecule has 0 radical (unpaired) electrons. The molecule has 6 heteroatoms. The minimum absolute atomic E-state index is 0.0538. The molecule has 0 fully saturated rings. The largest absolute Gasteiger partial charge is 0.347 e. The molecule has 2 aromatic heterocycles. The molecule has 106 valence electrons. The lowest BCUT2D eigenvalue weighted by atomic mass is 10.2. The van der Waals surface area contributed by atoms with Gasteiger partial charge in [0.2, 0.25) is 0 Å². The molecule has 0 aliphatic carbocycles. The summed E-state index contributed by atoms with van der Waals surface area (Å²) in [5, 5.41) is 7.09. The van der Waals surface area contributed by atoms with Gasteiger partial charge >= 0.3 is 0 Å². The van der Waals surface area contributed by atoms with Crippen molar-refractivity contribution in [2.75, 3.05) is 0 Å². The van der Waals surface area contributed by atoms with E-state index in [2.05, 4.69) is 26.3 Å². The van der Waals surface area contributed by atoms with Crippen molar-refractivity contribution in [2.24, 2.45) is 0 Å². The Morgan fingerprint density at radius 2 is 2.05 bits per heavy atom. The maximum atomic E-state index is 11.9. The third kappa shape index (κ3) is 3.40. The summed E-state index contributed by atoms with van der Waals surface area (Å²) in [6.45, 7) is 0.508. The summed E-state index contributed by atoms with van der Waals surface area (Å²) in [6, 6.07) is 13.5. The molecule has 0 bridgehead atoms. The first-order valence-corrected chi connectivity index (χ1v) is 7.96. The number of hydrogen-bond acceptors (Lipinski definition) is 3. The van der Waals surface area contributed by atoms with Gasteiger partial charge in [0.1, 0.15) is 0 Å². The predicted molar refractivity (Wildman–Crippen MR) is 86.8 cm³/mol. The van der Waals surface area contributed by atoms with Crippen LogP contribution in [0.5, 0.6) is 0 Å². The zero-order valence-electron chi connectivity index (χ0n) is 11.0. The number of rotatable bonds is 4. The molecule has 0 atom stereocenters. The molecule has 3 rings (SSSR count). The number of carbonyl (C=O) groups excluding carboxylic acids is 1. The van der Waals surface area contributed by atoms with Crippen molar-refractivity contribution < 1.29 is 4.79 Å². The highest BCUT2D eigenvalue weighted by Gasteiger charge is 2.07. The van der Waals surface area contributed by atoms with Crippen LogP contribution in [0.1, 0.15) is 15.2 Å². The molecule has 4 nitrogen and oxygen atoms in total. The van der Waals surface area contributed by atoms with E-state index in [9.17, 15) is 4.79 Å². The van der Waals surface area contributed by atoms with Crippen molar-refractivity contribution in [3.05, 3.63) is 69.1 Å². The van der Waals surface area contributed by atoms with Crippen LogP contribution < -0.4 is 5.32 Å². The zero-order chi connectivity index (χ0) is 14.7. The number of nitrogens with one attached hydrogen (secondary N) is 1. The van der Waals surface area contributed by atoms with Crippen molar-refractivity contribution in [3.8, 4) is 5.69 Å². The lowest BCUT2D eigenvalue weighted by Gasteiger charge is -2.06. The first kappa shape index (κ1) is 14.0. The average molecular weight is 362 g/mol. The van der Waals surface area contributed by atoms with E-state index >= 15 is 0 Å². The van der Waals surface area contributed by atoms with Crippen molar-refractivity contribution >= 4 is 33.2 Å². The molecule has 1 N–H and O–H groups in total. The van der Waals surface area contributed by atoms with Crippen LogP contribution in [0, 0.1) is 0 Å². The first-order valence-electron chi connectivity index (χ1n) is 6.35. The second-order valence-corrected chi connectivity index (χ2v) is 6.87. The first-order chi connectivity index (χ1) is 10.2. The number of nitrogens with zero attached hydrogens (tertiary/aromatic N) is 2. The second-order valence-electron chi connectivity index (χ2n) is 4.40. The molecule has 1 aromatic carbocycles. The van der Waals surface area contributed by atoms with Gasteiger partial charge in [-0.2, -0.15) is 5.10 Å². The van der Waals surface area contributed by atoms with Crippen LogP contribution in [-0.2, 0) is 6.54 Å². The van der Waals surface area contributed by atoms with Crippen molar-refractivity contribution in [3.63, 3.8) is 0 Å². The molecule has 2 heterocycles. The Balaban J connectivity index is 1.62. The third-order valence-corrected chi connectivity index (χ3v) is 4.58.